The highest BCUT2D eigenvalue weighted by Gasteiger charge is 2.21. The Hall–Kier alpha value is -1.30. The van der Waals surface area contributed by atoms with Gasteiger partial charge in [-0.3, -0.25) is 4.90 Å². The van der Waals surface area contributed by atoms with Crippen LogP contribution in [0.4, 0.5) is 5.69 Å². The van der Waals surface area contributed by atoms with E-state index in [2.05, 4.69) is 29.2 Å². The van der Waals surface area contributed by atoms with Crippen LogP contribution in [0.5, 0.6) is 0 Å². The van der Waals surface area contributed by atoms with Crippen LogP contribution in [0.25, 0.3) is 0 Å². The number of hydrogen-bond acceptors (Lipinski definition) is 4. The summed E-state index contributed by atoms with van der Waals surface area (Å²) in [5.74, 6) is -1.00. The number of carbonyl (C=O) groups is 1. The first-order valence-corrected chi connectivity index (χ1v) is 7.00. The lowest BCUT2D eigenvalue weighted by Crippen LogP contribution is -2.52. The molecule has 1 aliphatic heterocycles. The van der Waals surface area contributed by atoms with Gasteiger partial charge in [0.15, 0.2) is 0 Å². The second kappa shape index (κ2) is 6.43. The third-order valence-corrected chi connectivity index (χ3v) is 4.03. The minimum Gasteiger partial charge on any atom is -0.478 e. The van der Waals surface area contributed by atoms with Crippen LogP contribution in [0.2, 0.25) is 5.02 Å². The Morgan fingerprint density at radius 2 is 2.20 bits per heavy atom. The molecular weight excluding hydrogens is 278 g/mol. The van der Waals surface area contributed by atoms with Crippen molar-refractivity contribution in [2.75, 3.05) is 45.6 Å². The van der Waals surface area contributed by atoms with Gasteiger partial charge in [-0.05, 0) is 32.3 Å². The predicted molar refractivity (Wildman–Crippen MR) is 80.8 cm³/mol. The molecule has 0 spiro atoms. The van der Waals surface area contributed by atoms with Gasteiger partial charge in [0.1, 0.15) is 0 Å². The summed E-state index contributed by atoms with van der Waals surface area (Å²) in [4.78, 5) is 15.5. The van der Waals surface area contributed by atoms with Crippen molar-refractivity contribution < 1.29 is 9.90 Å². The summed E-state index contributed by atoms with van der Waals surface area (Å²) < 4.78 is 0. The number of benzene rings is 1. The molecular formula is C14H20ClN3O2. The molecule has 1 aromatic rings. The Morgan fingerprint density at radius 3 is 2.85 bits per heavy atom. The van der Waals surface area contributed by atoms with Gasteiger partial charge in [0.05, 0.1) is 10.6 Å². The van der Waals surface area contributed by atoms with Gasteiger partial charge in [-0.25, -0.2) is 4.79 Å². The standard InChI is InChI=1S/C14H20ClN3O2/c1-17-5-6-18(2)11(9-17)8-16-10-3-4-12(14(19)20)13(15)7-10/h3-4,7,11,16H,5-6,8-9H2,1-2H3,(H,19,20). The summed E-state index contributed by atoms with van der Waals surface area (Å²) in [5, 5.41) is 12.5. The van der Waals surface area contributed by atoms with E-state index >= 15 is 0 Å². The van der Waals surface area contributed by atoms with Crippen molar-refractivity contribution in [2.24, 2.45) is 0 Å². The summed E-state index contributed by atoms with van der Waals surface area (Å²) in [5.41, 5.74) is 0.980. The highest BCUT2D eigenvalue weighted by molar-refractivity contribution is 6.33. The van der Waals surface area contributed by atoms with Crippen LogP contribution in [0.3, 0.4) is 0 Å². The highest BCUT2D eigenvalue weighted by atomic mass is 35.5. The lowest BCUT2D eigenvalue weighted by atomic mass is 10.1. The lowest BCUT2D eigenvalue weighted by molar-refractivity contribution is 0.0697. The molecule has 1 heterocycles. The van der Waals surface area contributed by atoms with E-state index in [0.29, 0.717) is 6.04 Å². The Bertz CT molecular complexity index is 495. The SMILES string of the molecule is CN1CCN(C)C(CNc2ccc(C(=O)O)c(Cl)c2)C1. The second-order valence-corrected chi connectivity index (χ2v) is 5.68. The molecule has 0 bridgehead atoms. The lowest BCUT2D eigenvalue weighted by Gasteiger charge is -2.37. The maximum absolute atomic E-state index is 10.9. The summed E-state index contributed by atoms with van der Waals surface area (Å²) in [7, 11) is 4.25. The van der Waals surface area contributed by atoms with Crippen LogP contribution in [-0.4, -0.2) is 67.2 Å². The quantitative estimate of drug-likeness (QED) is 0.886. The molecule has 6 heteroatoms. The topological polar surface area (TPSA) is 55.8 Å². The van der Waals surface area contributed by atoms with Crippen molar-refractivity contribution in [1.82, 2.24) is 9.80 Å². The normalized spacial score (nSPS) is 20.9. The number of carboxylic acids is 1. The van der Waals surface area contributed by atoms with Crippen molar-refractivity contribution in [3.05, 3.63) is 28.8 Å². The Balaban J connectivity index is 1.97. The minimum absolute atomic E-state index is 0.131. The number of anilines is 1. The van der Waals surface area contributed by atoms with Gasteiger partial charge in [0.2, 0.25) is 0 Å². The number of aromatic carboxylic acids is 1. The van der Waals surface area contributed by atoms with Crippen LogP contribution >= 0.6 is 11.6 Å². The first-order chi connectivity index (χ1) is 9.47. The summed E-state index contributed by atoms with van der Waals surface area (Å²) in [6, 6.07) is 5.38. The van der Waals surface area contributed by atoms with Crippen LogP contribution in [0.15, 0.2) is 18.2 Å². The largest absolute Gasteiger partial charge is 0.478 e. The number of nitrogens with one attached hydrogen (secondary N) is 1. The van der Waals surface area contributed by atoms with Gasteiger partial charge in [0.25, 0.3) is 0 Å². The number of carboxylic acid groups (broad SMARTS) is 1. The number of nitrogens with zero attached hydrogens (tertiary/aromatic N) is 2. The smallest absolute Gasteiger partial charge is 0.337 e. The molecule has 1 aliphatic rings. The van der Waals surface area contributed by atoms with E-state index in [1.165, 1.54) is 6.07 Å². The van der Waals surface area contributed by atoms with Gasteiger partial charge in [-0.1, -0.05) is 11.6 Å². The second-order valence-electron chi connectivity index (χ2n) is 5.28. The van der Waals surface area contributed by atoms with Gasteiger partial charge in [-0.2, -0.15) is 0 Å². The number of halogens is 1. The molecule has 1 aromatic carbocycles. The number of rotatable bonds is 4. The van der Waals surface area contributed by atoms with Crippen molar-refractivity contribution in [1.29, 1.82) is 0 Å². The van der Waals surface area contributed by atoms with E-state index < -0.39 is 5.97 Å². The van der Waals surface area contributed by atoms with Gasteiger partial charge >= 0.3 is 5.97 Å². The molecule has 0 amide bonds. The monoisotopic (exact) mass is 297 g/mol. The molecule has 1 fully saturated rings. The molecule has 20 heavy (non-hydrogen) atoms. The molecule has 0 aromatic heterocycles. The third-order valence-electron chi connectivity index (χ3n) is 3.72. The van der Waals surface area contributed by atoms with E-state index in [4.69, 9.17) is 16.7 Å². The van der Waals surface area contributed by atoms with Crippen molar-refractivity contribution in [3.8, 4) is 0 Å². The number of piperazine rings is 1. The van der Waals surface area contributed by atoms with E-state index in [0.717, 1.165) is 31.9 Å². The number of hydrogen-bond donors (Lipinski definition) is 2. The van der Waals surface area contributed by atoms with Gasteiger partial charge in [-0.15, -0.1) is 0 Å². The van der Waals surface area contributed by atoms with Crippen molar-refractivity contribution in [3.63, 3.8) is 0 Å². The molecule has 1 unspecified atom stereocenters. The first kappa shape index (κ1) is 15.1. The van der Waals surface area contributed by atoms with Crippen LogP contribution in [0, 0.1) is 0 Å². The fourth-order valence-corrected chi connectivity index (χ4v) is 2.62. The zero-order valence-corrected chi connectivity index (χ0v) is 12.5. The molecule has 1 atom stereocenters. The van der Waals surface area contributed by atoms with Crippen molar-refractivity contribution in [2.45, 2.75) is 6.04 Å². The Morgan fingerprint density at radius 1 is 1.45 bits per heavy atom. The van der Waals surface area contributed by atoms with Gasteiger partial charge in [0, 0.05) is 37.9 Å². The fourth-order valence-electron chi connectivity index (χ4n) is 2.36. The molecule has 2 N–H and O–H groups in total. The van der Waals surface area contributed by atoms with Crippen molar-refractivity contribution >= 4 is 23.3 Å². The average Bonchev–Trinajstić information content (AvgIpc) is 2.39. The van der Waals surface area contributed by atoms with E-state index in [1.807, 2.05) is 0 Å². The van der Waals surface area contributed by atoms with Crippen LogP contribution < -0.4 is 5.32 Å². The molecule has 110 valence electrons. The van der Waals surface area contributed by atoms with E-state index in [1.54, 1.807) is 12.1 Å². The van der Waals surface area contributed by atoms with Crippen LogP contribution in [0.1, 0.15) is 10.4 Å². The molecule has 0 saturated carbocycles. The summed E-state index contributed by atoms with van der Waals surface area (Å²) >= 11 is 5.96. The molecule has 0 aliphatic carbocycles. The molecule has 0 radical (unpaired) electrons. The Labute approximate surface area is 124 Å². The zero-order valence-electron chi connectivity index (χ0n) is 11.8. The molecule has 2 rings (SSSR count). The predicted octanol–water partition coefficient (Wildman–Crippen LogP) is 1.70. The first-order valence-electron chi connectivity index (χ1n) is 6.63. The molecule has 5 nitrogen and oxygen atoms in total. The maximum atomic E-state index is 10.9. The highest BCUT2D eigenvalue weighted by Crippen LogP contribution is 2.21. The summed E-state index contributed by atoms with van der Waals surface area (Å²) in [6.45, 7) is 3.97. The fraction of sp³-hybridized carbons (Fsp3) is 0.500. The Kier molecular flexibility index (Phi) is 4.86. The number of likely N-dealkylation sites (N-methyl/N-ethyl adjacent to an activating group) is 2. The minimum atomic E-state index is -1.00. The maximum Gasteiger partial charge on any atom is 0.337 e. The zero-order chi connectivity index (χ0) is 14.7. The van der Waals surface area contributed by atoms with Gasteiger partial charge < -0.3 is 15.3 Å². The van der Waals surface area contributed by atoms with E-state index in [9.17, 15) is 4.79 Å². The average molecular weight is 298 g/mol. The van der Waals surface area contributed by atoms with Crippen LogP contribution in [-0.2, 0) is 0 Å². The summed E-state index contributed by atoms with van der Waals surface area (Å²) in [6.07, 6.45) is 0. The van der Waals surface area contributed by atoms with E-state index in [-0.39, 0.29) is 10.6 Å². The molecule has 1 saturated heterocycles. The third kappa shape index (κ3) is 3.62.